The Morgan fingerprint density at radius 1 is 1.36 bits per heavy atom. The summed E-state index contributed by atoms with van der Waals surface area (Å²) in [6.07, 6.45) is 0. The Kier molecular flexibility index (Phi) is 4.21. The zero-order valence-electron chi connectivity index (χ0n) is 11.7. The van der Waals surface area contributed by atoms with Gasteiger partial charge in [-0.05, 0) is 29.8 Å². The largest absolute Gasteiger partial charge is 0.437 e. The Morgan fingerprint density at radius 2 is 2.14 bits per heavy atom. The van der Waals surface area contributed by atoms with Gasteiger partial charge in [0.05, 0.1) is 16.3 Å². The monoisotopic (exact) mass is 335 g/mol. The average Bonchev–Trinajstić information content (AvgIpc) is 3.19. The van der Waals surface area contributed by atoms with E-state index < -0.39 is 5.76 Å². The van der Waals surface area contributed by atoms with Crippen molar-refractivity contribution in [1.29, 1.82) is 0 Å². The van der Waals surface area contributed by atoms with Crippen LogP contribution in [-0.2, 0) is 6.54 Å². The summed E-state index contributed by atoms with van der Waals surface area (Å²) in [7, 11) is 0. The quantitative estimate of drug-likeness (QED) is 0.777. The molecule has 3 aromatic heterocycles. The van der Waals surface area contributed by atoms with Crippen LogP contribution in [0.3, 0.4) is 0 Å². The first kappa shape index (κ1) is 14.7. The molecule has 6 nitrogen and oxygen atoms in total. The molecule has 1 amide bonds. The first-order chi connectivity index (χ1) is 10.6. The van der Waals surface area contributed by atoms with E-state index in [9.17, 15) is 9.59 Å². The minimum atomic E-state index is -0.527. The van der Waals surface area contributed by atoms with Crippen LogP contribution in [-0.4, -0.2) is 21.7 Å². The first-order valence-electron chi connectivity index (χ1n) is 6.59. The van der Waals surface area contributed by atoms with Gasteiger partial charge in [-0.1, -0.05) is 12.1 Å². The topological polar surface area (TPSA) is 77.1 Å². The van der Waals surface area contributed by atoms with Crippen molar-refractivity contribution in [3.8, 4) is 10.8 Å². The maximum Gasteiger partial charge on any atom is 0.437 e. The van der Waals surface area contributed by atoms with E-state index in [2.05, 4.69) is 10.4 Å². The molecule has 0 fully saturated rings. The maximum atomic E-state index is 12.0. The van der Waals surface area contributed by atoms with Gasteiger partial charge in [0.1, 0.15) is 0 Å². The fraction of sp³-hybridized carbons (Fsp3) is 0.214. The van der Waals surface area contributed by atoms with Crippen molar-refractivity contribution in [2.45, 2.75) is 19.5 Å². The summed E-state index contributed by atoms with van der Waals surface area (Å²) < 4.78 is 6.36. The van der Waals surface area contributed by atoms with Gasteiger partial charge in [-0.3, -0.25) is 4.79 Å². The molecule has 3 rings (SSSR count). The van der Waals surface area contributed by atoms with Crippen molar-refractivity contribution in [1.82, 2.24) is 15.1 Å². The summed E-state index contributed by atoms with van der Waals surface area (Å²) in [6.45, 7) is 2.07. The molecule has 3 aromatic rings. The van der Waals surface area contributed by atoms with E-state index in [1.807, 2.05) is 35.9 Å². The highest BCUT2D eigenvalue weighted by atomic mass is 32.1. The van der Waals surface area contributed by atoms with Crippen molar-refractivity contribution < 1.29 is 9.21 Å². The molecule has 0 unspecified atom stereocenters. The lowest BCUT2D eigenvalue weighted by molar-refractivity contribution is 0.0939. The lowest BCUT2D eigenvalue weighted by Crippen LogP contribution is -2.37. The smallest absolute Gasteiger partial charge is 0.387 e. The van der Waals surface area contributed by atoms with Crippen LogP contribution in [0, 0.1) is 0 Å². The van der Waals surface area contributed by atoms with Crippen molar-refractivity contribution in [2.24, 2.45) is 0 Å². The Bertz CT molecular complexity index is 803. The minimum absolute atomic E-state index is 0.155. The molecule has 1 atom stereocenters. The number of thiophene rings is 2. The fourth-order valence-corrected chi connectivity index (χ4v) is 3.20. The van der Waals surface area contributed by atoms with Crippen molar-refractivity contribution >= 4 is 28.6 Å². The molecular formula is C14H13N3O3S2. The average molecular weight is 335 g/mol. The van der Waals surface area contributed by atoms with Crippen LogP contribution in [0.2, 0.25) is 0 Å². The second-order valence-corrected chi connectivity index (χ2v) is 6.58. The highest BCUT2D eigenvalue weighted by Crippen LogP contribution is 2.21. The number of nitrogens with one attached hydrogen (secondary N) is 1. The highest BCUT2D eigenvalue weighted by molar-refractivity contribution is 7.13. The summed E-state index contributed by atoms with van der Waals surface area (Å²) in [6, 6.07) is 7.03. The van der Waals surface area contributed by atoms with Gasteiger partial charge in [0.25, 0.3) is 11.8 Å². The molecule has 22 heavy (non-hydrogen) atoms. The van der Waals surface area contributed by atoms with Crippen LogP contribution in [0.15, 0.2) is 44.2 Å². The van der Waals surface area contributed by atoms with Crippen molar-refractivity contribution in [3.63, 3.8) is 0 Å². The minimum Gasteiger partial charge on any atom is -0.387 e. The summed E-state index contributed by atoms with van der Waals surface area (Å²) in [5.74, 6) is -0.380. The summed E-state index contributed by atoms with van der Waals surface area (Å²) >= 11 is 2.82. The van der Waals surface area contributed by atoms with E-state index in [0.717, 1.165) is 4.88 Å². The predicted octanol–water partition coefficient (Wildman–Crippen LogP) is 2.44. The number of rotatable bonds is 5. The molecule has 114 valence electrons. The van der Waals surface area contributed by atoms with E-state index in [4.69, 9.17) is 4.42 Å². The molecule has 0 radical (unpaired) electrons. The Labute approximate surface area is 134 Å². The van der Waals surface area contributed by atoms with Gasteiger partial charge >= 0.3 is 5.76 Å². The van der Waals surface area contributed by atoms with Crippen LogP contribution >= 0.6 is 22.7 Å². The van der Waals surface area contributed by atoms with Gasteiger partial charge in [-0.15, -0.1) is 27.8 Å². The second kappa shape index (κ2) is 6.29. The van der Waals surface area contributed by atoms with E-state index in [-0.39, 0.29) is 18.5 Å². The third-order valence-electron chi connectivity index (χ3n) is 2.91. The number of aromatic nitrogens is 2. The van der Waals surface area contributed by atoms with Crippen LogP contribution in [0.5, 0.6) is 0 Å². The number of nitrogens with zero attached hydrogens (tertiary/aromatic N) is 2. The highest BCUT2D eigenvalue weighted by Gasteiger charge is 2.15. The maximum absolute atomic E-state index is 12.0. The number of carbonyl (C=O) groups excluding carboxylic acids is 1. The predicted molar refractivity (Wildman–Crippen MR) is 85.3 cm³/mol. The molecule has 8 heteroatoms. The number of amides is 1. The van der Waals surface area contributed by atoms with Gasteiger partial charge in [0.15, 0.2) is 0 Å². The van der Waals surface area contributed by atoms with E-state index in [1.54, 1.807) is 6.07 Å². The molecule has 0 aliphatic heterocycles. The molecule has 0 spiro atoms. The van der Waals surface area contributed by atoms with Crippen LogP contribution < -0.4 is 11.1 Å². The molecule has 3 heterocycles. The number of hydrogen-bond donors (Lipinski definition) is 1. The third kappa shape index (κ3) is 3.18. The lowest BCUT2D eigenvalue weighted by atomic mass is 10.3. The zero-order chi connectivity index (χ0) is 15.5. The summed E-state index contributed by atoms with van der Waals surface area (Å²) in [5, 5.41) is 10.7. The van der Waals surface area contributed by atoms with E-state index in [0.29, 0.717) is 10.8 Å². The molecule has 0 aromatic carbocycles. The van der Waals surface area contributed by atoms with E-state index in [1.165, 1.54) is 27.4 Å². The van der Waals surface area contributed by atoms with Gasteiger partial charge in [0, 0.05) is 6.04 Å². The molecule has 0 aliphatic rings. The fourth-order valence-electron chi connectivity index (χ4n) is 1.93. The Balaban J connectivity index is 1.68. The normalized spacial score (nSPS) is 12.2. The first-order valence-corrected chi connectivity index (χ1v) is 8.35. The molecular weight excluding hydrogens is 322 g/mol. The third-order valence-corrected chi connectivity index (χ3v) is 4.63. The zero-order valence-corrected chi connectivity index (χ0v) is 13.3. The van der Waals surface area contributed by atoms with Gasteiger partial charge < -0.3 is 9.73 Å². The summed E-state index contributed by atoms with van der Waals surface area (Å²) in [5.41, 5.74) is 0. The SMILES string of the molecule is C[C@@H](Cn1nc(-c2cccs2)oc1=O)NC(=O)c1cccs1. The molecule has 1 N–H and O–H groups in total. The molecule has 0 bridgehead atoms. The molecule has 0 saturated carbocycles. The van der Waals surface area contributed by atoms with Gasteiger partial charge in [-0.25, -0.2) is 4.79 Å². The molecule has 0 aliphatic carbocycles. The molecule has 0 saturated heterocycles. The van der Waals surface area contributed by atoms with Crippen LogP contribution in [0.1, 0.15) is 16.6 Å². The van der Waals surface area contributed by atoms with Crippen LogP contribution in [0.25, 0.3) is 10.8 Å². The standard InChI is InChI=1S/C14H13N3O3S2/c1-9(15-12(18)10-4-2-6-21-10)8-17-14(19)20-13(16-17)11-5-3-7-22-11/h2-7,9H,8H2,1H3,(H,15,18)/t9-/m0/s1. The number of carbonyl (C=O) groups is 1. The second-order valence-electron chi connectivity index (χ2n) is 4.68. The Morgan fingerprint density at radius 3 is 2.82 bits per heavy atom. The lowest BCUT2D eigenvalue weighted by Gasteiger charge is -2.11. The van der Waals surface area contributed by atoms with Crippen molar-refractivity contribution in [2.75, 3.05) is 0 Å². The van der Waals surface area contributed by atoms with Crippen molar-refractivity contribution in [3.05, 3.63) is 50.5 Å². The van der Waals surface area contributed by atoms with Crippen LogP contribution in [0.4, 0.5) is 0 Å². The van der Waals surface area contributed by atoms with Gasteiger partial charge in [0.2, 0.25) is 0 Å². The number of hydrogen-bond acceptors (Lipinski definition) is 6. The summed E-state index contributed by atoms with van der Waals surface area (Å²) in [4.78, 5) is 25.2. The van der Waals surface area contributed by atoms with E-state index >= 15 is 0 Å². The van der Waals surface area contributed by atoms with Gasteiger partial charge in [-0.2, -0.15) is 4.68 Å². The Hall–Kier alpha value is -2.19.